The van der Waals surface area contributed by atoms with Crippen LogP contribution in [0.1, 0.15) is 25.1 Å². The van der Waals surface area contributed by atoms with Crippen molar-refractivity contribution in [2.24, 2.45) is 5.92 Å². The quantitative estimate of drug-likeness (QED) is 0.656. The highest BCUT2D eigenvalue weighted by Gasteiger charge is 2.16. The molecule has 0 fully saturated rings. The fraction of sp³-hybridized carbons (Fsp3) is 0.227. The summed E-state index contributed by atoms with van der Waals surface area (Å²) in [5.41, 5.74) is 1.38. The van der Waals surface area contributed by atoms with Gasteiger partial charge >= 0.3 is 6.09 Å². The molecule has 1 heterocycles. The zero-order valence-corrected chi connectivity index (χ0v) is 16.5. The van der Waals surface area contributed by atoms with E-state index in [-0.39, 0.29) is 29.1 Å². The summed E-state index contributed by atoms with van der Waals surface area (Å²) in [6.07, 6.45) is 0.482. The molecule has 0 unspecified atom stereocenters. The molecular weight excluding hydrogens is 392 g/mol. The molecule has 1 N–H and O–H groups in total. The van der Waals surface area contributed by atoms with Gasteiger partial charge in [0.25, 0.3) is 0 Å². The molecule has 0 bridgehead atoms. The number of anilines is 1. The Kier molecular flexibility index (Phi) is 6.25. The third-order valence-electron chi connectivity index (χ3n) is 4.42. The maximum absolute atomic E-state index is 13.5. The fourth-order valence-electron chi connectivity index (χ4n) is 3.03. The van der Waals surface area contributed by atoms with Crippen molar-refractivity contribution in [3.8, 4) is 5.69 Å². The second-order valence-electron chi connectivity index (χ2n) is 7.30. The van der Waals surface area contributed by atoms with E-state index < -0.39 is 17.7 Å². The van der Waals surface area contributed by atoms with Crippen LogP contribution in [0.3, 0.4) is 0 Å². The van der Waals surface area contributed by atoms with Gasteiger partial charge in [-0.2, -0.15) is 5.10 Å². The molecule has 0 spiro atoms. The predicted octanol–water partition coefficient (Wildman–Crippen LogP) is 4.24. The van der Waals surface area contributed by atoms with Gasteiger partial charge in [0.1, 0.15) is 5.69 Å². The molecule has 0 radical (unpaired) electrons. The Morgan fingerprint density at radius 3 is 2.57 bits per heavy atom. The van der Waals surface area contributed by atoms with Gasteiger partial charge in [-0.15, -0.1) is 0 Å². The smallest absolute Gasteiger partial charge is 0.411 e. The van der Waals surface area contributed by atoms with Gasteiger partial charge in [0.05, 0.1) is 5.69 Å². The minimum atomic E-state index is -1.06. The summed E-state index contributed by atoms with van der Waals surface area (Å²) in [4.78, 5) is 25.2. The van der Waals surface area contributed by atoms with Gasteiger partial charge in [-0.3, -0.25) is 9.69 Å². The summed E-state index contributed by atoms with van der Waals surface area (Å²) < 4.78 is 28.0. The summed E-state index contributed by atoms with van der Waals surface area (Å²) in [6, 6.07) is 11.5. The first-order valence-corrected chi connectivity index (χ1v) is 9.38. The SMILES string of the molecule is CC(C)CN(C(=O)O)c1cccc(Cc2nn(-c3ccc(F)c(F)c3)ccc2=O)c1. The lowest BCUT2D eigenvalue weighted by atomic mass is 10.1. The van der Waals surface area contributed by atoms with Crippen LogP contribution in [0.4, 0.5) is 19.3 Å². The van der Waals surface area contributed by atoms with Crippen LogP contribution in [-0.2, 0) is 6.42 Å². The second-order valence-corrected chi connectivity index (χ2v) is 7.30. The van der Waals surface area contributed by atoms with Gasteiger partial charge < -0.3 is 5.11 Å². The van der Waals surface area contributed by atoms with Crippen molar-refractivity contribution < 1.29 is 18.7 Å². The van der Waals surface area contributed by atoms with Crippen LogP contribution in [0.5, 0.6) is 0 Å². The van der Waals surface area contributed by atoms with Crippen molar-refractivity contribution in [3.05, 3.63) is 87.8 Å². The van der Waals surface area contributed by atoms with Gasteiger partial charge in [-0.25, -0.2) is 18.3 Å². The normalized spacial score (nSPS) is 11.0. The maximum atomic E-state index is 13.5. The Labute approximate surface area is 172 Å². The molecule has 0 aliphatic rings. The van der Waals surface area contributed by atoms with Gasteiger partial charge in [0, 0.05) is 37.0 Å². The Balaban J connectivity index is 1.92. The Morgan fingerprint density at radius 2 is 1.90 bits per heavy atom. The van der Waals surface area contributed by atoms with E-state index in [0.717, 1.165) is 12.1 Å². The summed E-state index contributed by atoms with van der Waals surface area (Å²) in [5, 5.41) is 13.8. The summed E-state index contributed by atoms with van der Waals surface area (Å²) >= 11 is 0. The van der Waals surface area contributed by atoms with Gasteiger partial charge in [-0.1, -0.05) is 26.0 Å². The molecule has 0 atom stereocenters. The topological polar surface area (TPSA) is 75.4 Å². The molecule has 1 aromatic heterocycles. The fourth-order valence-corrected chi connectivity index (χ4v) is 3.03. The largest absolute Gasteiger partial charge is 0.465 e. The van der Waals surface area contributed by atoms with Crippen molar-refractivity contribution in [2.45, 2.75) is 20.3 Å². The van der Waals surface area contributed by atoms with Crippen molar-refractivity contribution in [1.29, 1.82) is 0 Å². The minimum absolute atomic E-state index is 0.142. The van der Waals surface area contributed by atoms with Crippen LogP contribution in [-0.4, -0.2) is 27.5 Å². The highest BCUT2D eigenvalue weighted by molar-refractivity contribution is 5.86. The predicted molar refractivity (Wildman–Crippen MR) is 109 cm³/mol. The summed E-state index contributed by atoms with van der Waals surface area (Å²) in [5.74, 6) is -1.84. The van der Waals surface area contributed by atoms with E-state index in [1.165, 1.54) is 27.9 Å². The zero-order chi connectivity index (χ0) is 21.8. The number of carbonyl (C=O) groups is 1. The van der Waals surface area contributed by atoms with E-state index in [1.54, 1.807) is 24.3 Å². The van der Waals surface area contributed by atoms with E-state index in [9.17, 15) is 23.5 Å². The van der Waals surface area contributed by atoms with Crippen LogP contribution < -0.4 is 10.3 Å². The van der Waals surface area contributed by atoms with Gasteiger partial charge in [0.15, 0.2) is 11.6 Å². The summed E-state index contributed by atoms with van der Waals surface area (Å²) in [6.45, 7) is 4.19. The number of aromatic nitrogens is 2. The van der Waals surface area contributed by atoms with Crippen LogP contribution in [0, 0.1) is 17.6 Å². The average Bonchev–Trinajstić information content (AvgIpc) is 2.70. The molecule has 3 rings (SSSR count). The molecule has 0 aliphatic carbocycles. The second kappa shape index (κ2) is 8.86. The Hall–Kier alpha value is -3.55. The maximum Gasteiger partial charge on any atom is 0.411 e. The third kappa shape index (κ3) is 4.89. The van der Waals surface area contributed by atoms with E-state index >= 15 is 0 Å². The molecule has 6 nitrogen and oxygen atoms in total. The number of amides is 1. The number of benzene rings is 2. The number of rotatable bonds is 6. The molecule has 8 heteroatoms. The lowest BCUT2D eigenvalue weighted by Crippen LogP contribution is -2.32. The van der Waals surface area contributed by atoms with Crippen molar-refractivity contribution in [1.82, 2.24) is 9.78 Å². The molecule has 0 saturated heterocycles. The van der Waals surface area contributed by atoms with Crippen molar-refractivity contribution in [3.63, 3.8) is 0 Å². The number of nitrogens with zero attached hydrogens (tertiary/aromatic N) is 3. The van der Waals surface area contributed by atoms with Crippen LogP contribution in [0.2, 0.25) is 0 Å². The highest BCUT2D eigenvalue weighted by Crippen LogP contribution is 2.19. The summed E-state index contributed by atoms with van der Waals surface area (Å²) in [7, 11) is 0. The van der Waals surface area contributed by atoms with E-state index in [0.29, 0.717) is 17.8 Å². The molecule has 2 aromatic carbocycles. The number of hydrogen-bond acceptors (Lipinski definition) is 3. The van der Waals surface area contributed by atoms with E-state index in [4.69, 9.17) is 0 Å². The molecular formula is C22H21F2N3O3. The molecule has 156 valence electrons. The average molecular weight is 413 g/mol. The number of carboxylic acid groups (broad SMARTS) is 1. The lowest BCUT2D eigenvalue weighted by Gasteiger charge is -2.22. The number of hydrogen-bond donors (Lipinski definition) is 1. The molecule has 0 aliphatic heterocycles. The molecule has 30 heavy (non-hydrogen) atoms. The van der Waals surface area contributed by atoms with Crippen LogP contribution in [0.15, 0.2) is 59.5 Å². The highest BCUT2D eigenvalue weighted by atomic mass is 19.2. The van der Waals surface area contributed by atoms with Crippen molar-refractivity contribution >= 4 is 11.8 Å². The zero-order valence-electron chi connectivity index (χ0n) is 16.5. The first-order valence-electron chi connectivity index (χ1n) is 9.38. The molecule has 1 amide bonds. The van der Waals surface area contributed by atoms with Crippen molar-refractivity contribution in [2.75, 3.05) is 11.4 Å². The molecule has 3 aromatic rings. The van der Waals surface area contributed by atoms with E-state index in [1.807, 2.05) is 13.8 Å². The third-order valence-corrected chi connectivity index (χ3v) is 4.42. The number of halogens is 2. The Morgan fingerprint density at radius 1 is 1.13 bits per heavy atom. The lowest BCUT2D eigenvalue weighted by molar-refractivity contribution is 0.201. The van der Waals surface area contributed by atoms with Crippen LogP contribution >= 0.6 is 0 Å². The van der Waals surface area contributed by atoms with Gasteiger partial charge in [0.2, 0.25) is 5.43 Å². The first kappa shape index (κ1) is 21.2. The minimum Gasteiger partial charge on any atom is -0.465 e. The first-order chi connectivity index (χ1) is 14.2. The van der Waals surface area contributed by atoms with Crippen LogP contribution in [0.25, 0.3) is 5.69 Å². The van der Waals surface area contributed by atoms with E-state index in [2.05, 4.69) is 5.10 Å². The monoisotopic (exact) mass is 413 g/mol. The molecule has 0 saturated carbocycles. The van der Waals surface area contributed by atoms with Gasteiger partial charge in [-0.05, 0) is 35.7 Å². The standard InChI is InChI=1S/C22H21F2N3O3/c1-14(2)13-26(22(29)30)16-5-3-4-15(10-16)11-20-21(28)8-9-27(25-20)17-6-7-18(23)19(24)12-17/h3-10,12,14H,11,13H2,1-2H3,(H,29,30). The Bertz CT molecular complexity index is 1130.